The van der Waals surface area contributed by atoms with E-state index in [2.05, 4.69) is 4.72 Å². The van der Waals surface area contributed by atoms with E-state index in [0.29, 0.717) is 5.92 Å². The van der Waals surface area contributed by atoms with Crippen molar-refractivity contribution in [2.24, 2.45) is 11.8 Å². The Bertz CT molecular complexity index is 270. The second-order valence-electron chi connectivity index (χ2n) is 4.54. The lowest BCUT2D eigenvalue weighted by molar-refractivity contribution is 0.521. The van der Waals surface area contributed by atoms with Gasteiger partial charge in [-0.1, -0.05) is 20.3 Å². The lowest BCUT2D eigenvalue weighted by Crippen LogP contribution is -2.37. The first-order valence-electron chi connectivity index (χ1n) is 5.44. The van der Waals surface area contributed by atoms with E-state index in [1.54, 1.807) is 0 Å². The van der Waals surface area contributed by atoms with E-state index in [1.807, 2.05) is 20.8 Å². The molecular weight excluding hydrogens is 198 g/mol. The van der Waals surface area contributed by atoms with Crippen molar-refractivity contribution in [2.75, 3.05) is 5.75 Å². The van der Waals surface area contributed by atoms with Gasteiger partial charge in [0.15, 0.2) is 0 Å². The van der Waals surface area contributed by atoms with Gasteiger partial charge in [-0.05, 0) is 31.6 Å². The standard InChI is InChI=1S/C10H21NO2S/c1-4-8(2)7-14(12,13)11-9(3)10-5-6-10/h8-11H,4-7H2,1-3H3. The van der Waals surface area contributed by atoms with E-state index in [0.717, 1.165) is 6.42 Å². The minimum absolute atomic E-state index is 0.129. The number of nitrogens with one attached hydrogen (secondary N) is 1. The fourth-order valence-corrected chi connectivity index (χ4v) is 3.36. The van der Waals surface area contributed by atoms with Gasteiger partial charge < -0.3 is 0 Å². The summed E-state index contributed by atoms with van der Waals surface area (Å²) in [4.78, 5) is 0. The molecule has 3 nitrogen and oxygen atoms in total. The zero-order valence-corrected chi connectivity index (χ0v) is 10.1. The summed E-state index contributed by atoms with van der Waals surface area (Å²) in [6, 6.07) is 0.129. The molecule has 0 aromatic rings. The average molecular weight is 219 g/mol. The molecule has 0 spiro atoms. The predicted molar refractivity (Wildman–Crippen MR) is 58.6 cm³/mol. The number of rotatable bonds is 6. The topological polar surface area (TPSA) is 46.2 Å². The van der Waals surface area contributed by atoms with Crippen molar-refractivity contribution in [3.63, 3.8) is 0 Å². The largest absolute Gasteiger partial charge is 0.212 e. The molecule has 84 valence electrons. The molecule has 0 heterocycles. The Hall–Kier alpha value is -0.0900. The fourth-order valence-electron chi connectivity index (χ4n) is 1.52. The number of hydrogen-bond donors (Lipinski definition) is 1. The Morgan fingerprint density at radius 2 is 1.93 bits per heavy atom. The monoisotopic (exact) mass is 219 g/mol. The van der Waals surface area contributed by atoms with Gasteiger partial charge in [-0.25, -0.2) is 13.1 Å². The highest BCUT2D eigenvalue weighted by Crippen LogP contribution is 2.32. The number of sulfonamides is 1. The Morgan fingerprint density at radius 3 is 2.36 bits per heavy atom. The summed E-state index contributed by atoms with van der Waals surface area (Å²) in [6.45, 7) is 5.96. The quantitative estimate of drug-likeness (QED) is 0.740. The molecule has 1 fully saturated rings. The number of hydrogen-bond acceptors (Lipinski definition) is 2. The van der Waals surface area contributed by atoms with Gasteiger partial charge >= 0.3 is 0 Å². The van der Waals surface area contributed by atoms with Crippen LogP contribution < -0.4 is 4.72 Å². The van der Waals surface area contributed by atoms with Gasteiger partial charge in [-0.3, -0.25) is 0 Å². The summed E-state index contributed by atoms with van der Waals surface area (Å²) in [6.07, 6.45) is 3.26. The first-order chi connectivity index (χ1) is 6.44. The molecule has 1 aliphatic rings. The summed E-state index contributed by atoms with van der Waals surface area (Å²) in [7, 11) is -3.05. The van der Waals surface area contributed by atoms with Gasteiger partial charge in [-0.2, -0.15) is 0 Å². The lowest BCUT2D eigenvalue weighted by atomic mass is 10.2. The third-order valence-corrected chi connectivity index (χ3v) is 4.63. The second kappa shape index (κ2) is 4.62. The Kier molecular flexibility index (Phi) is 3.95. The maximum atomic E-state index is 11.6. The zero-order chi connectivity index (χ0) is 10.8. The molecule has 0 aliphatic heterocycles. The van der Waals surface area contributed by atoms with E-state index < -0.39 is 10.0 Å². The molecular formula is C10H21NO2S. The maximum absolute atomic E-state index is 11.6. The van der Waals surface area contributed by atoms with Gasteiger partial charge in [0.1, 0.15) is 0 Å². The van der Waals surface area contributed by atoms with Crippen molar-refractivity contribution in [1.29, 1.82) is 0 Å². The molecule has 1 aliphatic carbocycles. The van der Waals surface area contributed by atoms with E-state index in [4.69, 9.17) is 0 Å². The van der Waals surface area contributed by atoms with Crippen LogP contribution in [0.15, 0.2) is 0 Å². The van der Waals surface area contributed by atoms with Gasteiger partial charge in [0.05, 0.1) is 5.75 Å². The summed E-state index contributed by atoms with van der Waals surface area (Å²) in [5.74, 6) is 1.10. The third kappa shape index (κ3) is 3.96. The molecule has 14 heavy (non-hydrogen) atoms. The highest BCUT2D eigenvalue weighted by Gasteiger charge is 2.30. The minimum Gasteiger partial charge on any atom is -0.212 e. The van der Waals surface area contributed by atoms with E-state index in [-0.39, 0.29) is 17.7 Å². The highest BCUT2D eigenvalue weighted by atomic mass is 32.2. The van der Waals surface area contributed by atoms with E-state index in [9.17, 15) is 8.42 Å². The zero-order valence-electron chi connectivity index (χ0n) is 9.29. The minimum atomic E-state index is -3.05. The first kappa shape index (κ1) is 12.0. The van der Waals surface area contributed by atoms with E-state index in [1.165, 1.54) is 12.8 Å². The maximum Gasteiger partial charge on any atom is 0.212 e. The molecule has 1 saturated carbocycles. The van der Waals surface area contributed by atoms with Crippen LogP contribution in [0, 0.1) is 11.8 Å². The van der Waals surface area contributed by atoms with Crippen LogP contribution in [0.25, 0.3) is 0 Å². The molecule has 0 aromatic carbocycles. The average Bonchev–Trinajstić information content (AvgIpc) is 2.84. The lowest BCUT2D eigenvalue weighted by Gasteiger charge is -2.15. The molecule has 2 unspecified atom stereocenters. The first-order valence-corrected chi connectivity index (χ1v) is 7.10. The molecule has 0 amide bonds. The molecule has 0 saturated heterocycles. The van der Waals surface area contributed by atoms with Crippen molar-refractivity contribution in [1.82, 2.24) is 4.72 Å². The van der Waals surface area contributed by atoms with Crippen LogP contribution in [0.3, 0.4) is 0 Å². The smallest absolute Gasteiger partial charge is 0.212 e. The van der Waals surface area contributed by atoms with Crippen molar-refractivity contribution in [3.8, 4) is 0 Å². The molecule has 0 aromatic heterocycles. The van der Waals surface area contributed by atoms with Crippen LogP contribution in [0.4, 0.5) is 0 Å². The van der Waals surface area contributed by atoms with Crippen LogP contribution in [0.1, 0.15) is 40.0 Å². The molecule has 1 N–H and O–H groups in total. The third-order valence-electron chi connectivity index (χ3n) is 2.90. The SMILES string of the molecule is CCC(C)CS(=O)(=O)NC(C)C1CC1. The molecule has 0 bridgehead atoms. The van der Waals surface area contributed by atoms with Crippen LogP contribution in [-0.2, 0) is 10.0 Å². The Labute approximate surface area is 87.3 Å². The van der Waals surface area contributed by atoms with Gasteiger partial charge in [0.2, 0.25) is 10.0 Å². The van der Waals surface area contributed by atoms with Gasteiger partial charge in [0, 0.05) is 6.04 Å². The van der Waals surface area contributed by atoms with Crippen LogP contribution in [0.5, 0.6) is 0 Å². The summed E-state index contributed by atoms with van der Waals surface area (Å²) >= 11 is 0. The summed E-state index contributed by atoms with van der Waals surface area (Å²) in [5.41, 5.74) is 0. The Balaban J connectivity index is 2.40. The second-order valence-corrected chi connectivity index (χ2v) is 6.34. The fraction of sp³-hybridized carbons (Fsp3) is 1.00. The van der Waals surface area contributed by atoms with E-state index >= 15 is 0 Å². The van der Waals surface area contributed by atoms with Crippen molar-refractivity contribution < 1.29 is 8.42 Å². The van der Waals surface area contributed by atoms with Crippen LogP contribution in [0.2, 0.25) is 0 Å². The predicted octanol–water partition coefficient (Wildman–Crippen LogP) is 1.75. The van der Waals surface area contributed by atoms with Crippen molar-refractivity contribution >= 4 is 10.0 Å². The van der Waals surface area contributed by atoms with Gasteiger partial charge in [0.25, 0.3) is 0 Å². The highest BCUT2D eigenvalue weighted by molar-refractivity contribution is 7.89. The van der Waals surface area contributed by atoms with Gasteiger partial charge in [-0.15, -0.1) is 0 Å². The normalized spacial score (nSPS) is 21.9. The molecule has 1 rings (SSSR count). The summed E-state index contributed by atoms with van der Waals surface area (Å²) in [5, 5.41) is 0. The van der Waals surface area contributed by atoms with Crippen molar-refractivity contribution in [2.45, 2.75) is 46.1 Å². The molecule has 0 radical (unpaired) electrons. The van der Waals surface area contributed by atoms with Crippen LogP contribution in [-0.4, -0.2) is 20.2 Å². The molecule has 4 heteroatoms. The summed E-state index contributed by atoms with van der Waals surface area (Å²) < 4.78 is 26.0. The Morgan fingerprint density at radius 1 is 1.36 bits per heavy atom. The molecule has 2 atom stereocenters. The van der Waals surface area contributed by atoms with Crippen molar-refractivity contribution in [3.05, 3.63) is 0 Å². The van der Waals surface area contributed by atoms with Crippen LogP contribution >= 0.6 is 0 Å².